The third kappa shape index (κ3) is 9.68. The zero-order valence-corrected chi connectivity index (χ0v) is 24.0. The first-order valence-corrected chi connectivity index (χ1v) is 13.8. The normalized spacial score (nSPS) is 15.5. The number of aromatic nitrogens is 2. The maximum absolute atomic E-state index is 12.9. The van der Waals surface area contributed by atoms with E-state index in [0.717, 1.165) is 48.9 Å². The first-order valence-electron chi connectivity index (χ1n) is 13.8. The van der Waals surface area contributed by atoms with Gasteiger partial charge in [0.05, 0.1) is 11.8 Å². The maximum atomic E-state index is 12.9. The van der Waals surface area contributed by atoms with E-state index in [9.17, 15) is 14.4 Å². The van der Waals surface area contributed by atoms with Crippen LogP contribution in [0.15, 0.2) is 42.7 Å². The predicted molar refractivity (Wildman–Crippen MR) is 156 cm³/mol. The van der Waals surface area contributed by atoms with Crippen molar-refractivity contribution < 1.29 is 14.4 Å². The van der Waals surface area contributed by atoms with Crippen LogP contribution >= 0.6 is 0 Å². The van der Waals surface area contributed by atoms with E-state index < -0.39 is 6.04 Å². The van der Waals surface area contributed by atoms with E-state index in [4.69, 9.17) is 11.8 Å². The van der Waals surface area contributed by atoms with Gasteiger partial charge >= 0.3 is 0 Å². The lowest BCUT2D eigenvalue weighted by atomic mass is 9.98. The molecule has 3 amide bonds. The van der Waals surface area contributed by atoms with Gasteiger partial charge < -0.3 is 10.3 Å². The number of hydrogen-bond acceptors (Lipinski definition) is 5. The number of terminal acetylenes is 1. The van der Waals surface area contributed by atoms with Crippen LogP contribution in [-0.4, -0.2) is 44.7 Å². The Morgan fingerprint density at radius 2 is 1.90 bits per heavy atom. The summed E-state index contributed by atoms with van der Waals surface area (Å²) in [5.74, 6) is 1.81. The van der Waals surface area contributed by atoms with Crippen LogP contribution in [0.4, 0.5) is 0 Å². The standard InChI is InChI=1S/C23H24N4O3.C4H7N.2C2H6/c1-2-16-13-24-26(14-16)12-5-3-4-7-17-8-6-9-18-19(17)15-27(23(18)30)20-10-11-21(28)25-22(20)29;1-2-3-4-5;2*1-2/h1,6,8-9,13-14,20H,3-5,7,10-12,15H2,(H,25,28,29);2-5H,1H3;2*1-2H3/b;3-2-,5-4?;;. The summed E-state index contributed by atoms with van der Waals surface area (Å²) < 4.78 is 1.87. The van der Waals surface area contributed by atoms with Gasteiger partial charge in [0.1, 0.15) is 6.04 Å². The fourth-order valence-electron chi connectivity index (χ4n) is 4.31. The lowest BCUT2D eigenvalue weighted by molar-refractivity contribution is -0.136. The van der Waals surface area contributed by atoms with Gasteiger partial charge in [-0.15, -0.1) is 6.42 Å². The third-order valence-electron chi connectivity index (χ3n) is 6.10. The zero-order chi connectivity index (χ0) is 29.2. The van der Waals surface area contributed by atoms with E-state index in [0.29, 0.717) is 18.5 Å². The summed E-state index contributed by atoms with van der Waals surface area (Å²) in [4.78, 5) is 38.1. The second-order valence-electron chi connectivity index (χ2n) is 8.48. The number of unbranched alkanes of at least 4 members (excludes halogenated alkanes) is 2. The molecular weight excluding hydrogens is 490 g/mol. The Labute approximate surface area is 233 Å². The van der Waals surface area contributed by atoms with Gasteiger partial charge in [-0.25, -0.2) is 0 Å². The Morgan fingerprint density at radius 1 is 1.15 bits per heavy atom. The number of hydrogen-bond donors (Lipinski definition) is 2. The summed E-state index contributed by atoms with van der Waals surface area (Å²) in [5, 5.41) is 13.0. The second kappa shape index (κ2) is 18.3. The summed E-state index contributed by atoms with van der Waals surface area (Å²) in [6, 6.07) is 5.23. The van der Waals surface area contributed by atoms with E-state index >= 15 is 0 Å². The number of carbonyl (C=O) groups is 3. The van der Waals surface area contributed by atoms with Crippen LogP contribution in [0.1, 0.15) is 93.8 Å². The number of amides is 3. The number of imide groups is 1. The average Bonchev–Trinajstić information content (AvgIpc) is 3.56. The van der Waals surface area contributed by atoms with Gasteiger partial charge in [0, 0.05) is 37.5 Å². The van der Waals surface area contributed by atoms with E-state index in [1.807, 2.05) is 63.7 Å². The second-order valence-corrected chi connectivity index (χ2v) is 8.48. The van der Waals surface area contributed by atoms with Crippen LogP contribution in [-0.2, 0) is 29.1 Å². The van der Waals surface area contributed by atoms with Crippen molar-refractivity contribution in [2.45, 2.75) is 92.3 Å². The summed E-state index contributed by atoms with van der Waals surface area (Å²) >= 11 is 0. The number of rotatable bonds is 8. The molecule has 8 heteroatoms. The van der Waals surface area contributed by atoms with Crippen molar-refractivity contribution in [1.82, 2.24) is 20.0 Å². The molecule has 2 aliphatic heterocycles. The van der Waals surface area contributed by atoms with Crippen LogP contribution in [0, 0.1) is 17.8 Å². The summed E-state index contributed by atoms with van der Waals surface area (Å²) in [7, 11) is 0. The van der Waals surface area contributed by atoms with Crippen LogP contribution < -0.4 is 5.32 Å². The molecule has 2 aromatic rings. The van der Waals surface area contributed by atoms with Crippen LogP contribution in [0.3, 0.4) is 0 Å². The molecule has 210 valence electrons. The molecule has 39 heavy (non-hydrogen) atoms. The quantitative estimate of drug-likeness (QED) is 0.208. The SMILES string of the molecule is C#Cc1cnn(CCCCCc2cccc3c2CN(C2CCC(=O)NC2=O)C3=O)c1.C/C=C\C=N.CC.CC. The molecule has 2 aliphatic rings. The topological polar surface area (TPSA) is 108 Å². The molecule has 1 fully saturated rings. The molecule has 1 aromatic heterocycles. The van der Waals surface area contributed by atoms with Gasteiger partial charge in [-0.3, -0.25) is 24.4 Å². The van der Waals surface area contributed by atoms with Crippen LogP contribution in [0.25, 0.3) is 0 Å². The smallest absolute Gasteiger partial charge is 0.255 e. The van der Waals surface area contributed by atoms with Crippen LogP contribution in [0.5, 0.6) is 0 Å². The van der Waals surface area contributed by atoms with Gasteiger partial charge in [-0.05, 0) is 55.9 Å². The minimum Gasteiger partial charge on any atom is -0.322 e. The van der Waals surface area contributed by atoms with Crippen molar-refractivity contribution >= 4 is 23.9 Å². The van der Waals surface area contributed by atoms with Gasteiger partial charge in [-0.2, -0.15) is 5.10 Å². The minimum atomic E-state index is -0.572. The number of nitrogens with zero attached hydrogens (tertiary/aromatic N) is 3. The van der Waals surface area contributed by atoms with Gasteiger partial charge in [0.2, 0.25) is 11.8 Å². The van der Waals surface area contributed by atoms with Crippen molar-refractivity contribution in [3.05, 3.63) is 65.0 Å². The Morgan fingerprint density at radius 3 is 2.49 bits per heavy atom. The lowest BCUT2D eigenvalue weighted by Gasteiger charge is -2.29. The number of nitrogens with one attached hydrogen (secondary N) is 2. The van der Waals surface area contributed by atoms with E-state index in [1.54, 1.807) is 17.2 Å². The van der Waals surface area contributed by atoms with Gasteiger partial charge in [-0.1, -0.05) is 58.2 Å². The molecule has 0 aliphatic carbocycles. The Bertz CT molecular complexity index is 1160. The number of aryl methyl sites for hydroxylation is 2. The molecule has 1 atom stereocenters. The lowest BCUT2D eigenvalue weighted by Crippen LogP contribution is -2.52. The van der Waals surface area contributed by atoms with Crippen LogP contribution in [0.2, 0.25) is 0 Å². The maximum Gasteiger partial charge on any atom is 0.255 e. The Hall–Kier alpha value is -3.99. The average molecular weight is 534 g/mol. The van der Waals surface area contributed by atoms with E-state index in [1.165, 1.54) is 6.21 Å². The molecule has 0 saturated carbocycles. The van der Waals surface area contributed by atoms with Crippen molar-refractivity contribution in [1.29, 1.82) is 5.41 Å². The highest BCUT2D eigenvalue weighted by atomic mass is 16.2. The first-order chi connectivity index (χ1) is 19.0. The van der Waals surface area contributed by atoms with E-state index in [-0.39, 0.29) is 24.1 Å². The van der Waals surface area contributed by atoms with Crippen molar-refractivity contribution in [2.75, 3.05) is 0 Å². The Balaban J connectivity index is 0.000000748. The summed E-state index contributed by atoms with van der Waals surface area (Å²) in [5.41, 5.74) is 3.64. The molecule has 1 saturated heterocycles. The molecule has 3 heterocycles. The fraction of sp³-hybridized carbons (Fsp3) is 0.452. The highest BCUT2D eigenvalue weighted by Crippen LogP contribution is 2.30. The number of carbonyl (C=O) groups excluding carboxylic acids is 3. The summed E-state index contributed by atoms with van der Waals surface area (Å²) in [6.07, 6.45) is 18.2. The molecule has 1 unspecified atom stereocenters. The summed E-state index contributed by atoms with van der Waals surface area (Å²) in [6.45, 7) is 11.1. The molecule has 2 N–H and O–H groups in total. The Kier molecular flexibility index (Phi) is 15.5. The zero-order valence-electron chi connectivity index (χ0n) is 24.0. The number of piperidine rings is 1. The molecule has 1 aromatic carbocycles. The molecule has 0 bridgehead atoms. The third-order valence-corrected chi connectivity index (χ3v) is 6.10. The molecule has 0 radical (unpaired) electrons. The van der Waals surface area contributed by atoms with Crippen molar-refractivity contribution in [2.24, 2.45) is 0 Å². The van der Waals surface area contributed by atoms with Gasteiger partial charge in [0.15, 0.2) is 0 Å². The van der Waals surface area contributed by atoms with E-state index in [2.05, 4.69) is 22.4 Å². The number of allylic oxidation sites excluding steroid dienone is 2. The fourth-order valence-corrected chi connectivity index (χ4v) is 4.31. The number of fused-ring (bicyclic) bond motifs is 1. The molecular formula is C31H43N5O3. The van der Waals surface area contributed by atoms with Gasteiger partial charge in [0.25, 0.3) is 5.91 Å². The molecule has 8 nitrogen and oxygen atoms in total. The highest BCUT2D eigenvalue weighted by Gasteiger charge is 2.39. The minimum absolute atomic E-state index is 0.121. The van der Waals surface area contributed by atoms with Crippen molar-refractivity contribution in [3.63, 3.8) is 0 Å². The number of benzene rings is 1. The van der Waals surface area contributed by atoms with Crippen molar-refractivity contribution in [3.8, 4) is 12.3 Å². The predicted octanol–water partition coefficient (Wildman–Crippen LogP) is 5.30. The largest absolute Gasteiger partial charge is 0.322 e. The molecule has 4 rings (SSSR count). The first kappa shape index (κ1) is 33.0. The molecule has 0 spiro atoms. The monoisotopic (exact) mass is 533 g/mol. The highest BCUT2D eigenvalue weighted by molar-refractivity contribution is 6.05.